The van der Waals surface area contributed by atoms with Crippen LogP contribution in [-0.2, 0) is 19.0 Å². The molecule has 0 N–H and O–H groups in total. The van der Waals surface area contributed by atoms with Gasteiger partial charge in [0.15, 0.2) is 0 Å². The third-order valence-electron chi connectivity index (χ3n) is 9.82. The molecule has 0 aromatic heterocycles. The molecule has 0 amide bonds. The first-order chi connectivity index (χ1) is 18.5. The maximum atomic E-state index is 2.56. The van der Waals surface area contributed by atoms with Gasteiger partial charge in [-0.1, -0.05) is 0 Å². The van der Waals surface area contributed by atoms with Gasteiger partial charge in [-0.2, -0.15) is 0 Å². The first-order valence-corrected chi connectivity index (χ1v) is 15.9. The second-order valence-electron chi connectivity index (χ2n) is 15.3. The summed E-state index contributed by atoms with van der Waals surface area (Å²) < 4.78 is -0.0928. The molecule has 0 bridgehead atoms. The Hall–Kier alpha value is -1.15. The van der Waals surface area contributed by atoms with E-state index in [0.717, 1.165) is 12.8 Å². The Bertz CT molecular complexity index is 1130. The van der Waals surface area contributed by atoms with Crippen LogP contribution in [0.15, 0.2) is 72.8 Å². The van der Waals surface area contributed by atoms with Gasteiger partial charge in [-0.25, -0.2) is 0 Å². The Balaban J connectivity index is 2.17. The summed E-state index contributed by atoms with van der Waals surface area (Å²) in [7, 11) is 0. The van der Waals surface area contributed by atoms with E-state index in [4.69, 9.17) is 0 Å². The molecule has 4 atom stereocenters. The van der Waals surface area contributed by atoms with Crippen LogP contribution in [0.1, 0.15) is 128 Å². The molecule has 0 aliphatic rings. The fourth-order valence-electron chi connectivity index (χ4n) is 6.37. The fourth-order valence-corrected chi connectivity index (χ4v) is 6.37. The number of hydrogen-bond acceptors (Lipinski definition) is 0. The molecule has 4 unspecified atom stereocenters. The zero-order chi connectivity index (χ0) is 29.9. The molecule has 3 rings (SSSR count). The van der Waals surface area contributed by atoms with E-state index < -0.39 is 0 Å². The van der Waals surface area contributed by atoms with Crippen molar-refractivity contribution in [2.45, 2.75) is 114 Å². The second-order valence-corrected chi connectivity index (χ2v) is 15.3. The normalized spacial score (nSPS) is 17.1. The van der Waals surface area contributed by atoms with Crippen molar-refractivity contribution >= 4 is 35.4 Å². The summed E-state index contributed by atoms with van der Waals surface area (Å²) >= 11 is 4.96. The molecule has 0 fully saturated rings. The van der Waals surface area contributed by atoms with Crippen LogP contribution >= 0.6 is 0 Å². The molecule has 0 saturated heterocycles. The third-order valence-corrected chi connectivity index (χ3v) is 9.82. The average Bonchev–Trinajstić information content (AvgIpc) is 2.92. The number of benzene rings is 3. The van der Waals surface area contributed by atoms with E-state index in [0.29, 0.717) is 11.8 Å². The first-order valence-electron chi connectivity index (χ1n) is 15.9. The fraction of sp³-hybridized carbons (Fsp3) is 0.526. The summed E-state index contributed by atoms with van der Waals surface area (Å²) in [4.78, 5) is 0. The van der Waals surface area contributed by atoms with Gasteiger partial charge in [-0.15, -0.1) is 0 Å². The van der Waals surface area contributed by atoms with E-state index in [1.807, 2.05) is 0 Å². The summed E-state index contributed by atoms with van der Waals surface area (Å²) in [5.74, 6) is 1.29. The van der Waals surface area contributed by atoms with Gasteiger partial charge < -0.3 is 0 Å². The van der Waals surface area contributed by atoms with E-state index in [9.17, 15) is 0 Å². The third kappa shape index (κ3) is 7.62. The predicted molar refractivity (Wildman–Crippen MR) is 178 cm³/mol. The molecule has 0 heterocycles. The summed E-state index contributed by atoms with van der Waals surface area (Å²) in [5.41, 5.74) is 8.85. The monoisotopic (exact) mass is 522 g/mol. The van der Waals surface area contributed by atoms with Gasteiger partial charge in [0.05, 0.1) is 0 Å². The van der Waals surface area contributed by atoms with Crippen molar-refractivity contribution in [2.75, 3.05) is 0 Å². The number of rotatable bonds is 10. The average molecular weight is 523 g/mol. The van der Waals surface area contributed by atoms with E-state index in [1.165, 1.54) is 46.2 Å². The Morgan fingerprint density at radius 1 is 0.500 bits per heavy atom. The van der Waals surface area contributed by atoms with Crippen molar-refractivity contribution in [2.24, 2.45) is 11.8 Å². The molecule has 3 aromatic rings. The molecule has 40 heavy (non-hydrogen) atoms. The van der Waals surface area contributed by atoms with Crippen LogP contribution in [0.2, 0.25) is 0 Å². The van der Waals surface area contributed by atoms with Crippen molar-refractivity contribution in [3.63, 3.8) is 0 Å². The number of hydrogen-bond donors (Lipinski definition) is 0. The molecule has 0 radical (unpaired) electrons. The van der Waals surface area contributed by atoms with Crippen molar-refractivity contribution in [1.29, 1.82) is 0 Å². The molecule has 2 heteroatoms. The van der Waals surface area contributed by atoms with Crippen LogP contribution in [0, 0.1) is 11.8 Å². The molecule has 3 aromatic carbocycles. The quantitative estimate of drug-likeness (QED) is 0.232. The van der Waals surface area contributed by atoms with Gasteiger partial charge in [-0.3, -0.25) is 0 Å². The molecular formula is C38H52Li2. The Labute approximate surface area is 265 Å². The van der Waals surface area contributed by atoms with Gasteiger partial charge in [0.25, 0.3) is 0 Å². The van der Waals surface area contributed by atoms with Crippen molar-refractivity contribution in [3.05, 3.63) is 106 Å². The van der Waals surface area contributed by atoms with Crippen molar-refractivity contribution in [3.8, 4) is 0 Å². The van der Waals surface area contributed by atoms with E-state index in [2.05, 4.69) is 177 Å². The summed E-state index contributed by atoms with van der Waals surface area (Å²) in [6, 6.07) is 28.7. The van der Waals surface area contributed by atoms with Crippen molar-refractivity contribution < 1.29 is 0 Å². The molecule has 0 nitrogen and oxygen atoms in total. The topological polar surface area (TPSA) is 0 Å². The van der Waals surface area contributed by atoms with Crippen LogP contribution in [0.25, 0.3) is 0 Å². The Kier molecular flexibility index (Phi) is 10.9. The predicted octanol–water partition coefficient (Wildman–Crippen LogP) is 9.98. The van der Waals surface area contributed by atoms with Gasteiger partial charge in [-0.05, 0) is 0 Å². The van der Waals surface area contributed by atoms with Gasteiger partial charge >= 0.3 is 267 Å². The van der Waals surface area contributed by atoms with Crippen molar-refractivity contribution in [1.82, 2.24) is 0 Å². The van der Waals surface area contributed by atoms with E-state index >= 15 is 0 Å². The van der Waals surface area contributed by atoms with Gasteiger partial charge in [0.2, 0.25) is 0 Å². The summed E-state index contributed by atoms with van der Waals surface area (Å²) in [5, 5.41) is 0. The molecule has 0 aliphatic carbocycles. The molecular weight excluding hydrogens is 470 g/mol. The minimum absolute atomic E-state index is 0.0464. The molecule has 0 saturated carbocycles. The second kappa shape index (κ2) is 13.0. The Morgan fingerprint density at radius 2 is 0.800 bits per heavy atom. The summed E-state index contributed by atoms with van der Waals surface area (Å²) in [6.45, 7) is 23.3. The van der Waals surface area contributed by atoms with Gasteiger partial charge in [0, 0.05) is 0 Å². The van der Waals surface area contributed by atoms with Crippen LogP contribution in [0.3, 0.4) is 0 Å². The van der Waals surface area contributed by atoms with Crippen LogP contribution in [0.4, 0.5) is 0 Å². The minimum atomic E-state index is -0.0464. The van der Waals surface area contributed by atoms with E-state index in [1.54, 1.807) is 0 Å². The van der Waals surface area contributed by atoms with Crippen LogP contribution < -0.4 is 0 Å². The summed E-state index contributed by atoms with van der Waals surface area (Å²) in [6.07, 6.45) is 4.68. The van der Waals surface area contributed by atoms with Crippen LogP contribution in [-0.4, -0.2) is 35.4 Å². The molecule has 0 aliphatic heterocycles. The van der Waals surface area contributed by atoms with Crippen LogP contribution in [0.5, 0.6) is 0 Å². The maximum absolute atomic E-state index is 2.56. The Morgan fingerprint density at radius 3 is 1.07 bits per heavy atom. The standard InChI is InChI=1S/C38H52.2Li/c1-11-27(3)24-35(29-16-20-33(21-17-29)37(5,6)7)31-14-13-15-32(26-31)36(25-28(4)12-2)30-18-22-34(23-19-30)38(8,9)10;;/h13-23,26-28H,11-12,24-25H2,1-10H3;;. The van der Waals surface area contributed by atoms with E-state index in [-0.39, 0.29) is 19.0 Å². The molecule has 0 spiro atoms. The molecule has 206 valence electrons. The SMILES string of the molecule is [Li][C](CC(C)CC)(c1ccc(C(C)(C)C)cc1)c1cccc([C]([Li])(CC(C)CC)c2ccc(C(C)(C)C)cc2)c1. The first kappa shape index (κ1) is 33.4. The van der Waals surface area contributed by atoms with Gasteiger partial charge in [0.1, 0.15) is 0 Å². The zero-order valence-corrected chi connectivity index (χ0v) is 27.9. The zero-order valence-electron chi connectivity index (χ0n) is 27.9.